The van der Waals surface area contributed by atoms with Crippen LogP contribution in [0.4, 0.5) is 13.2 Å². The highest BCUT2D eigenvalue weighted by atomic mass is 32.2. The van der Waals surface area contributed by atoms with Gasteiger partial charge in [0.25, 0.3) is 0 Å². The van der Waals surface area contributed by atoms with Crippen molar-refractivity contribution < 1.29 is 41.5 Å². The fraction of sp³-hybridized carbons (Fsp3) is 0.310. The van der Waals surface area contributed by atoms with Crippen LogP contribution in [0.25, 0.3) is 22.1 Å². The van der Waals surface area contributed by atoms with E-state index in [2.05, 4.69) is 9.71 Å². The van der Waals surface area contributed by atoms with Crippen LogP contribution in [0.3, 0.4) is 0 Å². The number of aromatic nitrogens is 1. The first-order valence-corrected chi connectivity index (χ1v) is 13.6. The maximum atomic E-state index is 13.9. The SMILES string of the molecule is COc1ccc(CC(=O)O)c(OCc2cc(-c3ccnc(CN[S@@+]([O-])C(C)(C)C)c3)c3occ(C(F)(F)F)c3c2)c1. The summed E-state index contributed by atoms with van der Waals surface area (Å²) in [5, 5.41) is 9.12. The van der Waals surface area contributed by atoms with Gasteiger partial charge in [0.1, 0.15) is 40.3 Å². The van der Waals surface area contributed by atoms with Crippen LogP contribution in [0.1, 0.15) is 43.2 Å². The number of aliphatic carboxylic acids is 1. The van der Waals surface area contributed by atoms with Crippen molar-refractivity contribution in [3.05, 3.63) is 77.3 Å². The average molecular weight is 591 g/mol. The number of alkyl halides is 3. The smallest absolute Gasteiger partial charge is 0.420 e. The molecule has 4 rings (SSSR count). The molecule has 0 bridgehead atoms. The van der Waals surface area contributed by atoms with Crippen molar-refractivity contribution >= 4 is 28.3 Å². The van der Waals surface area contributed by atoms with Gasteiger partial charge in [0.05, 0.1) is 25.8 Å². The van der Waals surface area contributed by atoms with E-state index in [0.29, 0.717) is 40.0 Å². The zero-order valence-corrected chi connectivity index (χ0v) is 23.6. The van der Waals surface area contributed by atoms with E-state index in [1.807, 2.05) is 20.8 Å². The topological polar surface area (TPSA) is 117 Å². The van der Waals surface area contributed by atoms with Crippen molar-refractivity contribution in [3.8, 4) is 22.6 Å². The number of fused-ring (bicyclic) bond motifs is 1. The molecule has 2 aromatic heterocycles. The Kier molecular flexibility index (Phi) is 8.86. The van der Waals surface area contributed by atoms with E-state index in [1.165, 1.54) is 25.4 Å². The number of rotatable bonds is 10. The molecular formula is C29H29F3N2O6S. The van der Waals surface area contributed by atoms with Crippen LogP contribution >= 0.6 is 0 Å². The number of carboxylic acid groups (broad SMARTS) is 1. The minimum atomic E-state index is -4.66. The Hall–Kier alpha value is -3.74. The molecule has 0 fully saturated rings. The molecule has 0 unspecified atom stereocenters. The fourth-order valence-electron chi connectivity index (χ4n) is 4.08. The van der Waals surface area contributed by atoms with E-state index >= 15 is 0 Å². The van der Waals surface area contributed by atoms with E-state index in [-0.39, 0.29) is 36.3 Å². The maximum Gasteiger partial charge on any atom is 0.420 e. The molecule has 218 valence electrons. The molecule has 8 nitrogen and oxygen atoms in total. The van der Waals surface area contributed by atoms with Crippen molar-refractivity contribution in [2.75, 3.05) is 7.11 Å². The molecular weight excluding hydrogens is 561 g/mol. The van der Waals surface area contributed by atoms with Gasteiger partial charge in [-0.3, -0.25) is 9.78 Å². The van der Waals surface area contributed by atoms with Crippen LogP contribution in [0.2, 0.25) is 0 Å². The molecule has 0 saturated heterocycles. The predicted molar refractivity (Wildman–Crippen MR) is 148 cm³/mol. The molecule has 0 aliphatic rings. The number of nitrogens with one attached hydrogen (secondary N) is 1. The lowest BCUT2D eigenvalue weighted by Crippen LogP contribution is -2.39. The lowest BCUT2D eigenvalue weighted by molar-refractivity contribution is -0.137. The van der Waals surface area contributed by atoms with E-state index in [1.54, 1.807) is 30.3 Å². The Bertz CT molecular complexity index is 1550. The number of carboxylic acids is 1. The summed E-state index contributed by atoms with van der Waals surface area (Å²) in [4.78, 5) is 15.6. The van der Waals surface area contributed by atoms with Gasteiger partial charge in [0.2, 0.25) is 0 Å². The Labute approximate surface area is 237 Å². The van der Waals surface area contributed by atoms with Crippen molar-refractivity contribution in [1.29, 1.82) is 0 Å². The molecule has 41 heavy (non-hydrogen) atoms. The Balaban J connectivity index is 1.73. The van der Waals surface area contributed by atoms with Crippen molar-refractivity contribution in [3.63, 3.8) is 0 Å². The van der Waals surface area contributed by atoms with E-state index < -0.39 is 33.8 Å². The summed E-state index contributed by atoms with van der Waals surface area (Å²) < 4.78 is 73.0. The summed E-state index contributed by atoms with van der Waals surface area (Å²) in [7, 11) is 1.45. The van der Waals surface area contributed by atoms with Crippen LogP contribution in [-0.4, -0.2) is 32.5 Å². The summed E-state index contributed by atoms with van der Waals surface area (Å²) in [6, 6.07) is 11.0. The molecule has 0 spiro atoms. The molecule has 1 atom stereocenters. The summed E-state index contributed by atoms with van der Waals surface area (Å²) >= 11 is -1.35. The third kappa shape index (κ3) is 7.32. The first kappa shape index (κ1) is 30.2. The maximum absolute atomic E-state index is 13.9. The fourth-order valence-corrected chi connectivity index (χ4v) is 4.79. The number of hydrogen-bond acceptors (Lipinski definition) is 7. The molecule has 4 aromatic rings. The summed E-state index contributed by atoms with van der Waals surface area (Å²) in [6.07, 6.45) is -2.77. The third-order valence-corrected chi connectivity index (χ3v) is 7.64. The number of hydrogen-bond donors (Lipinski definition) is 2. The molecule has 2 heterocycles. The zero-order valence-electron chi connectivity index (χ0n) is 22.8. The van der Waals surface area contributed by atoms with Crippen LogP contribution in [0.5, 0.6) is 11.5 Å². The second kappa shape index (κ2) is 12.0. The van der Waals surface area contributed by atoms with Crippen molar-refractivity contribution in [2.45, 2.75) is 51.3 Å². The Morgan fingerprint density at radius 2 is 1.90 bits per heavy atom. The van der Waals surface area contributed by atoms with Gasteiger partial charge >= 0.3 is 12.1 Å². The zero-order chi connectivity index (χ0) is 29.9. The standard InChI is InChI=1S/C29H29F3N2O6S/c1-28(2,3)41(37)34-14-20-11-18(7-8-33-20)22-9-17(10-23-24(29(30,31)32)16-40-27(22)23)15-39-25-13-21(38-4)6-5-19(25)12-26(35)36/h5-11,13,16,34H,12,14-15H2,1-4H3,(H,35,36)/t41-/m0/s1. The van der Waals surface area contributed by atoms with Gasteiger partial charge in [0.15, 0.2) is 0 Å². The summed E-state index contributed by atoms with van der Waals surface area (Å²) in [5.74, 6) is -0.392. The minimum absolute atomic E-state index is 0.0393. The number of carbonyl (C=O) groups is 1. The van der Waals surface area contributed by atoms with Gasteiger partial charge < -0.3 is 23.6 Å². The highest BCUT2D eigenvalue weighted by molar-refractivity contribution is 7.90. The molecule has 2 aromatic carbocycles. The van der Waals surface area contributed by atoms with Gasteiger partial charge in [-0.1, -0.05) is 6.07 Å². The molecule has 0 saturated carbocycles. The van der Waals surface area contributed by atoms with E-state index in [0.717, 1.165) is 0 Å². The monoisotopic (exact) mass is 590 g/mol. The Morgan fingerprint density at radius 3 is 2.56 bits per heavy atom. The number of halogens is 3. The quantitative estimate of drug-likeness (QED) is 0.207. The second-order valence-electron chi connectivity index (χ2n) is 10.2. The van der Waals surface area contributed by atoms with Crippen molar-refractivity contribution in [1.82, 2.24) is 9.71 Å². The van der Waals surface area contributed by atoms with Gasteiger partial charge in [-0.05, 0) is 62.2 Å². The molecule has 0 aliphatic heterocycles. The first-order valence-electron chi connectivity index (χ1n) is 12.5. The number of nitrogens with zero attached hydrogens (tertiary/aromatic N) is 1. The number of benzene rings is 2. The van der Waals surface area contributed by atoms with Crippen LogP contribution in [0.15, 0.2) is 59.3 Å². The largest absolute Gasteiger partial charge is 0.598 e. The molecule has 0 radical (unpaired) electrons. The summed E-state index contributed by atoms with van der Waals surface area (Å²) in [5.41, 5.74) is 1.35. The van der Waals surface area contributed by atoms with E-state index in [9.17, 15) is 27.6 Å². The van der Waals surface area contributed by atoms with Gasteiger partial charge in [-0.15, -0.1) is 4.72 Å². The van der Waals surface area contributed by atoms with Crippen LogP contribution in [-0.2, 0) is 41.9 Å². The highest BCUT2D eigenvalue weighted by Gasteiger charge is 2.35. The normalized spacial score (nSPS) is 12.9. The number of ether oxygens (including phenoxy) is 2. The molecule has 2 N–H and O–H groups in total. The van der Waals surface area contributed by atoms with Gasteiger partial charge in [-0.25, -0.2) is 0 Å². The lowest BCUT2D eigenvalue weighted by Gasteiger charge is -2.23. The molecule has 12 heteroatoms. The average Bonchev–Trinajstić information content (AvgIpc) is 3.35. The second-order valence-corrected chi connectivity index (χ2v) is 12.3. The molecule has 0 aliphatic carbocycles. The van der Waals surface area contributed by atoms with Gasteiger partial charge in [0, 0.05) is 40.1 Å². The Morgan fingerprint density at radius 1 is 1.15 bits per heavy atom. The molecule has 0 amide bonds. The minimum Gasteiger partial charge on any atom is -0.598 e. The highest BCUT2D eigenvalue weighted by Crippen LogP contribution is 2.41. The summed E-state index contributed by atoms with van der Waals surface area (Å²) in [6.45, 7) is 5.51. The lowest BCUT2D eigenvalue weighted by atomic mass is 9.99. The first-order chi connectivity index (χ1) is 19.3. The van der Waals surface area contributed by atoms with Crippen molar-refractivity contribution in [2.24, 2.45) is 0 Å². The number of methoxy groups -OCH3 is 1. The van der Waals surface area contributed by atoms with E-state index in [4.69, 9.17) is 13.9 Å². The number of furan rings is 1. The number of pyridine rings is 1. The van der Waals surface area contributed by atoms with Crippen LogP contribution < -0.4 is 14.2 Å². The predicted octanol–water partition coefficient (Wildman–Crippen LogP) is 6.28. The van der Waals surface area contributed by atoms with Gasteiger partial charge in [-0.2, -0.15) is 13.2 Å². The third-order valence-electron chi connectivity index (χ3n) is 6.12. The van der Waals surface area contributed by atoms with Crippen LogP contribution in [0, 0.1) is 0 Å².